The Morgan fingerprint density at radius 1 is 1.29 bits per heavy atom. The Bertz CT molecular complexity index is 425. The van der Waals surface area contributed by atoms with Crippen LogP contribution in [0.1, 0.15) is 24.8 Å². The van der Waals surface area contributed by atoms with E-state index >= 15 is 0 Å². The summed E-state index contributed by atoms with van der Waals surface area (Å²) >= 11 is 0. The van der Waals surface area contributed by atoms with Crippen LogP contribution in [0.25, 0.3) is 0 Å². The van der Waals surface area contributed by atoms with Crippen LogP contribution in [0, 0.1) is 24.2 Å². The number of rotatable bonds is 3. The van der Waals surface area contributed by atoms with Crippen molar-refractivity contribution in [3.8, 4) is 6.07 Å². The summed E-state index contributed by atoms with van der Waals surface area (Å²) in [5.41, 5.74) is 2.28. The van der Waals surface area contributed by atoms with Crippen LogP contribution in [0.4, 0.5) is 5.69 Å². The number of aryl methyl sites for hydroxylation is 1. The molecule has 1 aromatic rings. The lowest BCUT2D eigenvalue weighted by molar-refractivity contribution is 0.458. The zero-order chi connectivity index (χ0) is 12.1. The summed E-state index contributed by atoms with van der Waals surface area (Å²) in [6.07, 6.45) is 7.61. The van der Waals surface area contributed by atoms with Gasteiger partial charge in [-0.3, -0.25) is 0 Å². The van der Waals surface area contributed by atoms with Crippen molar-refractivity contribution in [3.05, 3.63) is 42.0 Å². The van der Waals surface area contributed by atoms with Crippen LogP contribution in [-0.2, 0) is 0 Å². The van der Waals surface area contributed by atoms with Gasteiger partial charge >= 0.3 is 0 Å². The molecule has 0 bridgehead atoms. The smallest absolute Gasteiger partial charge is 0.117 e. The number of anilines is 1. The molecule has 2 rings (SSSR count). The van der Waals surface area contributed by atoms with Crippen molar-refractivity contribution in [2.75, 3.05) is 5.32 Å². The molecule has 88 valence electrons. The number of nitrogens with zero attached hydrogens (tertiary/aromatic N) is 1. The van der Waals surface area contributed by atoms with Crippen LogP contribution in [0.2, 0.25) is 0 Å². The molecule has 0 amide bonds. The van der Waals surface area contributed by atoms with E-state index in [0.717, 1.165) is 24.9 Å². The standard InChI is InChI=1S/C15H18N2/c1-12-7-9-14(10-8-12)17-15(11-16)13-5-3-2-4-6-13/h2-3,7-10,13,15,17H,4-6H2,1H3. The van der Waals surface area contributed by atoms with Crippen molar-refractivity contribution >= 4 is 5.69 Å². The Morgan fingerprint density at radius 3 is 2.65 bits per heavy atom. The lowest BCUT2D eigenvalue weighted by Gasteiger charge is -2.24. The summed E-state index contributed by atoms with van der Waals surface area (Å²) < 4.78 is 0. The third-order valence-corrected chi connectivity index (χ3v) is 3.29. The molecule has 1 aliphatic rings. The SMILES string of the molecule is Cc1ccc(NC(C#N)C2CC=CCC2)cc1. The van der Waals surface area contributed by atoms with Gasteiger partial charge in [-0.15, -0.1) is 0 Å². The van der Waals surface area contributed by atoms with Crippen molar-refractivity contribution in [1.29, 1.82) is 5.26 Å². The summed E-state index contributed by atoms with van der Waals surface area (Å²) in [6.45, 7) is 2.07. The molecule has 0 spiro atoms. The second-order valence-corrected chi connectivity index (χ2v) is 4.66. The number of benzene rings is 1. The van der Waals surface area contributed by atoms with Gasteiger partial charge in [-0.1, -0.05) is 29.8 Å². The number of hydrogen-bond donors (Lipinski definition) is 1. The molecule has 0 radical (unpaired) electrons. The summed E-state index contributed by atoms with van der Waals surface area (Å²) in [5, 5.41) is 12.6. The Hall–Kier alpha value is -1.75. The van der Waals surface area contributed by atoms with Crippen LogP contribution < -0.4 is 5.32 Å². The van der Waals surface area contributed by atoms with Crippen molar-refractivity contribution in [3.63, 3.8) is 0 Å². The summed E-state index contributed by atoms with van der Waals surface area (Å²) in [5.74, 6) is 0.436. The monoisotopic (exact) mass is 226 g/mol. The third kappa shape index (κ3) is 3.10. The van der Waals surface area contributed by atoms with Gasteiger partial charge < -0.3 is 5.32 Å². The van der Waals surface area contributed by atoms with Gasteiger partial charge in [-0.25, -0.2) is 0 Å². The summed E-state index contributed by atoms with van der Waals surface area (Å²) in [7, 11) is 0. The maximum Gasteiger partial charge on any atom is 0.117 e. The van der Waals surface area contributed by atoms with Gasteiger partial charge in [0.05, 0.1) is 6.07 Å². The molecule has 0 saturated heterocycles. The predicted molar refractivity (Wildman–Crippen MR) is 70.7 cm³/mol. The van der Waals surface area contributed by atoms with Crippen LogP contribution in [0.15, 0.2) is 36.4 Å². The van der Waals surface area contributed by atoms with Crippen molar-refractivity contribution < 1.29 is 0 Å². The lowest BCUT2D eigenvalue weighted by atomic mass is 9.88. The molecular weight excluding hydrogens is 208 g/mol. The molecule has 0 saturated carbocycles. The first-order valence-electron chi connectivity index (χ1n) is 6.17. The highest BCUT2D eigenvalue weighted by Crippen LogP contribution is 2.24. The number of nitriles is 1. The lowest BCUT2D eigenvalue weighted by Crippen LogP contribution is -2.28. The minimum absolute atomic E-state index is 0.0809. The van der Waals surface area contributed by atoms with E-state index in [9.17, 15) is 5.26 Å². The fourth-order valence-corrected chi connectivity index (χ4v) is 2.20. The molecule has 2 heteroatoms. The van der Waals surface area contributed by atoms with Gasteiger partial charge in [-0.2, -0.15) is 5.26 Å². The highest BCUT2D eigenvalue weighted by atomic mass is 14.9. The fraction of sp³-hybridized carbons (Fsp3) is 0.400. The van der Waals surface area contributed by atoms with E-state index in [4.69, 9.17) is 0 Å². The summed E-state index contributed by atoms with van der Waals surface area (Å²) in [4.78, 5) is 0. The molecule has 2 atom stereocenters. The quantitative estimate of drug-likeness (QED) is 0.798. The first-order valence-corrected chi connectivity index (χ1v) is 6.17. The molecule has 0 aromatic heterocycles. The first kappa shape index (κ1) is 11.7. The van der Waals surface area contributed by atoms with E-state index in [1.165, 1.54) is 5.56 Å². The summed E-state index contributed by atoms with van der Waals surface area (Å²) in [6, 6.07) is 10.5. The largest absolute Gasteiger partial charge is 0.370 e. The Balaban J connectivity index is 2.02. The second-order valence-electron chi connectivity index (χ2n) is 4.66. The number of allylic oxidation sites excluding steroid dienone is 2. The van der Waals surface area contributed by atoms with E-state index in [-0.39, 0.29) is 6.04 Å². The fourth-order valence-electron chi connectivity index (χ4n) is 2.20. The van der Waals surface area contributed by atoms with E-state index in [0.29, 0.717) is 5.92 Å². The van der Waals surface area contributed by atoms with Crippen molar-refractivity contribution in [1.82, 2.24) is 0 Å². The van der Waals surface area contributed by atoms with Crippen molar-refractivity contribution in [2.45, 2.75) is 32.2 Å². The van der Waals surface area contributed by atoms with Gasteiger partial charge in [0.25, 0.3) is 0 Å². The molecule has 1 aromatic carbocycles. The Labute approximate surface area is 103 Å². The highest BCUT2D eigenvalue weighted by molar-refractivity contribution is 5.46. The third-order valence-electron chi connectivity index (χ3n) is 3.29. The topological polar surface area (TPSA) is 35.8 Å². The normalized spacial score (nSPS) is 20.6. The maximum atomic E-state index is 9.26. The molecule has 0 aliphatic heterocycles. The van der Waals surface area contributed by atoms with Gasteiger partial charge in [0.15, 0.2) is 0 Å². The highest BCUT2D eigenvalue weighted by Gasteiger charge is 2.21. The molecule has 1 aliphatic carbocycles. The zero-order valence-electron chi connectivity index (χ0n) is 10.2. The van der Waals surface area contributed by atoms with Gasteiger partial charge in [-0.05, 0) is 44.2 Å². The molecule has 1 N–H and O–H groups in total. The average Bonchev–Trinajstić information content (AvgIpc) is 2.39. The molecular formula is C15H18N2. The van der Waals surface area contributed by atoms with E-state index in [1.54, 1.807) is 0 Å². The first-order chi connectivity index (χ1) is 8.29. The average molecular weight is 226 g/mol. The predicted octanol–water partition coefficient (Wildman–Crippen LogP) is 3.66. The van der Waals surface area contributed by atoms with Crippen LogP contribution in [0.5, 0.6) is 0 Å². The van der Waals surface area contributed by atoms with E-state index in [2.05, 4.69) is 42.6 Å². The van der Waals surface area contributed by atoms with Crippen LogP contribution in [0.3, 0.4) is 0 Å². The molecule has 0 heterocycles. The molecule has 2 unspecified atom stereocenters. The molecule has 2 nitrogen and oxygen atoms in total. The van der Waals surface area contributed by atoms with Gasteiger partial charge in [0.1, 0.15) is 6.04 Å². The number of hydrogen-bond acceptors (Lipinski definition) is 2. The zero-order valence-corrected chi connectivity index (χ0v) is 10.2. The van der Waals surface area contributed by atoms with Crippen LogP contribution >= 0.6 is 0 Å². The number of nitrogens with one attached hydrogen (secondary N) is 1. The van der Waals surface area contributed by atoms with Gasteiger partial charge in [0, 0.05) is 5.69 Å². The minimum atomic E-state index is -0.0809. The molecule has 0 fully saturated rings. The van der Waals surface area contributed by atoms with E-state index < -0.39 is 0 Å². The van der Waals surface area contributed by atoms with Crippen LogP contribution in [-0.4, -0.2) is 6.04 Å². The van der Waals surface area contributed by atoms with Gasteiger partial charge in [0.2, 0.25) is 0 Å². The Morgan fingerprint density at radius 2 is 2.06 bits per heavy atom. The molecule has 17 heavy (non-hydrogen) atoms. The maximum absolute atomic E-state index is 9.26. The van der Waals surface area contributed by atoms with E-state index in [1.807, 2.05) is 12.1 Å². The minimum Gasteiger partial charge on any atom is -0.370 e. The Kier molecular flexibility index (Phi) is 3.82. The second kappa shape index (κ2) is 5.54. The van der Waals surface area contributed by atoms with Crippen molar-refractivity contribution in [2.24, 2.45) is 5.92 Å².